The number of nitrogens with zero attached hydrogens (tertiary/aromatic N) is 2. The fourth-order valence-electron chi connectivity index (χ4n) is 3.92. The summed E-state index contributed by atoms with van der Waals surface area (Å²) < 4.78 is 43.4. The molecule has 1 amide bonds. The van der Waals surface area contributed by atoms with Crippen molar-refractivity contribution < 1.29 is 27.8 Å². The molecule has 1 N–H and O–H groups in total. The predicted octanol–water partition coefficient (Wildman–Crippen LogP) is 5.69. The number of aromatic nitrogens is 1. The molecule has 1 saturated heterocycles. The van der Waals surface area contributed by atoms with E-state index in [1.54, 1.807) is 30.3 Å². The Morgan fingerprint density at radius 1 is 1.06 bits per heavy atom. The quantitative estimate of drug-likeness (QED) is 0.536. The van der Waals surface area contributed by atoms with E-state index in [0.29, 0.717) is 30.3 Å². The number of halogens is 3. The van der Waals surface area contributed by atoms with E-state index in [9.17, 15) is 23.1 Å². The van der Waals surface area contributed by atoms with Crippen LogP contribution >= 0.6 is 0 Å². The number of carbonyl (C=O) groups excluding carboxylic acids is 1. The molecule has 1 aliphatic heterocycles. The third kappa shape index (κ3) is 5.83. The first kappa shape index (κ1) is 22.6. The van der Waals surface area contributed by atoms with Gasteiger partial charge in [0.25, 0.3) is 5.91 Å². The molecule has 3 aromatic rings. The van der Waals surface area contributed by atoms with Crippen molar-refractivity contribution in [1.82, 2.24) is 9.88 Å². The van der Waals surface area contributed by atoms with Crippen molar-refractivity contribution in [2.24, 2.45) is 5.92 Å². The highest BCUT2D eigenvalue weighted by Crippen LogP contribution is 2.30. The van der Waals surface area contributed by atoms with Gasteiger partial charge in [0, 0.05) is 30.9 Å². The Kier molecular flexibility index (Phi) is 6.53. The standard InChI is InChI=1S/C25H23F3N2O3/c26-25(27,28)20-6-9-23(29-16-20)33-22-7-4-17(5-8-22)14-18-10-12-30(13-11-18)24(32)19-2-1-3-21(31)15-19/h1-9,15-16,18,31H,10-14H2. The summed E-state index contributed by atoms with van der Waals surface area (Å²) in [5.41, 5.74) is 0.798. The molecule has 0 saturated carbocycles. The van der Waals surface area contributed by atoms with Gasteiger partial charge in [0.05, 0.1) is 5.56 Å². The number of benzene rings is 2. The number of likely N-dealkylation sites (tertiary alicyclic amines) is 1. The zero-order valence-corrected chi connectivity index (χ0v) is 17.8. The normalized spacial score (nSPS) is 14.8. The van der Waals surface area contributed by atoms with Crippen LogP contribution in [0.3, 0.4) is 0 Å². The summed E-state index contributed by atoms with van der Waals surface area (Å²) in [5.74, 6) is 1.05. The minimum Gasteiger partial charge on any atom is -0.508 e. The molecular weight excluding hydrogens is 433 g/mol. The highest BCUT2D eigenvalue weighted by atomic mass is 19.4. The maximum absolute atomic E-state index is 12.6. The van der Waals surface area contributed by atoms with Gasteiger partial charge < -0.3 is 14.7 Å². The molecule has 0 radical (unpaired) electrons. The van der Waals surface area contributed by atoms with Crippen molar-refractivity contribution >= 4 is 5.91 Å². The van der Waals surface area contributed by atoms with Crippen LogP contribution in [0.4, 0.5) is 13.2 Å². The zero-order chi connectivity index (χ0) is 23.4. The first-order chi connectivity index (χ1) is 15.8. The summed E-state index contributed by atoms with van der Waals surface area (Å²) in [6.45, 7) is 1.33. The van der Waals surface area contributed by atoms with Gasteiger partial charge in [-0.15, -0.1) is 0 Å². The number of pyridine rings is 1. The van der Waals surface area contributed by atoms with E-state index in [0.717, 1.165) is 37.1 Å². The Hall–Kier alpha value is -3.55. The molecule has 0 unspecified atom stereocenters. The van der Waals surface area contributed by atoms with E-state index >= 15 is 0 Å². The molecule has 1 aromatic heterocycles. The first-order valence-corrected chi connectivity index (χ1v) is 10.7. The SMILES string of the molecule is O=C(c1cccc(O)c1)N1CCC(Cc2ccc(Oc3ccc(C(F)(F)F)cn3)cc2)CC1. The number of amides is 1. The van der Waals surface area contributed by atoms with Crippen molar-refractivity contribution in [3.8, 4) is 17.4 Å². The Morgan fingerprint density at radius 2 is 1.79 bits per heavy atom. The lowest BCUT2D eigenvalue weighted by atomic mass is 9.90. The number of piperidine rings is 1. The zero-order valence-electron chi connectivity index (χ0n) is 17.8. The van der Waals surface area contributed by atoms with Gasteiger partial charge in [-0.2, -0.15) is 13.2 Å². The van der Waals surface area contributed by atoms with Crippen molar-refractivity contribution in [2.75, 3.05) is 13.1 Å². The molecule has 0 atom stereocenters. The van der Waals surface area contributed by atoms with Crippen LogP contribution in [-0.4, -0.2) is 34.0 Å². The molecular formula is C25H23F3N2O3. The van der Waals surface area contributed by atoms with Crippen LogP contribution in [0.2, 0.25) is 0 Å². The average Bonchev–Trinajstić information content (AvgIpc) is 2.80. The minimum atomic E-state index is -4.43. The van der Waals surface area contributed by atoms with Crippen LogP contribution < -0.4 is 4.74 Å². The number of hydrogen-bond acceptors (Lipinski definition) is 4. The number of phenolic OH excluding ortho intramolecular Hbond substituents is 1. The number of alkyl halides is 3. The van der Waals surface area contributed by atoms with Crippen LogP contribution in [0.15, 0.2) is 66.9 Å². The molecule has 1 fully saturated rings. The highest BCUT2D eigenvalue weighted by molar-refractivity contribution is 5.94. The summed E-state index contributed by atoms with van der Waals surface area (Å²) in [5, 5.41) is 9.58. The van der Waals surface area contributed by atoms with Gasteiger partial charge in [-0.05, 0) is 67.1 Å². The molecule has 4 rings (SSSR count). The van der Waals surface area contributed by atoms with Gasteiger partial charge in [-0.1, -0.05) is 18.2 Å². The summed E-state index contributed by atoms with van der Waals surface area (Å²) in [6.07, 6.45) is -1.04. The van der Waals surface area contributed by atoms with E-state index in [1.807, 2.05) is 17.0 Å². The van der Waals surface area contributed by atoms with Crippen LogP contribution in [0.5, 0.6) is 17.4 Å². The third-order valence-corrected chi connectivity index (χ3v) is 5.73. The number of hydrogen-bond donors (Lipinski definition) is 1. The Labute approximate surface area is 189 Å². The summed E-state index contributed by atoms with van der Waals surface area (Å²) >= 11 is 0. The second-order valence-corrected chi connectivity index (χ2v) is 8.12. The first-order valence-electron chi connectivity index (χ1n) is 10.7. The molecule has 172 valence electrons. The van der Waals surface area contributed by atoms with E-state index in [4.69, 9.17) is 4.74 Å². The molecule has 1 aliphatic rings. The Morgan fingerprint density at radius 3 is 2.39 bits per heavy atom. The van der Waals surface area contributed by atoms with Crippen LogP contribution in [0.1, 0.15) is 34.3 Å². The Balaban J connectivity index is 1.28. The van der Waals surface area contributed by atoms with E-state index < -0.39 is 11.7 Å². The number of carbonyl (C=O) groups is 1. The second kappa shape index (κ2) is 9.52. The van der Waals surface area contributed by atoms with Gasteiger partial charge in [0.15, 0.2) is 0 Å². The van der Waals surface area contributed by atoms with Crippen LogP contribution in [-0.2, 0) is 12.6 Å². The molecule has 0 spiro atoms. The van der Waals surface area contributed by atoms with Gasteiger partial charge in [-0.25, -0.2) is 4.98 Å². The average molecular weight is 456 g/mol. The van der Waals surface area contributed by atoms with Crippen LogP contribution in [0.25, 0.3) is 0 Å². The lowest BCUT2D eigenvalue weighted by Gasteiger charge is -2.32. The molecule has 2 aromatic carbocycles. The van der Waals surface area contributed by atoms with E-state index in [1.165, 1.54) is 12.1 Å². The molecule has 0 bridgehead atoms. The third-order valence-electron chi connectivity index (χ3n) is 5.73. The van der Waals surface area contributed by atoms with Crippen molar-refractivity contribution in [3.63, 3.8) is 0 Å². The second-order valence-electron chi connectivity index (χ2n) is 8.12. The number of phenols is 1. The predicted molar refractivity (Wildman–Crippen MR) is 116 cm³/mol. The van der Waals surface area contributed by atoms with Gasteiger partial charge in [-0.3, -0.25) is 4.79 Å². The summed E-state index contributed by atoms with van der Waals surface area (Å²) in [4.78, 5) is 18.1. The topological polar surface area (TPSA) is 62.7 Å². The van der Waals surface area contributed by atoms with Crippen molar-refractivity contribution in [3.05, 3.63) is 83.6 Å². The largest absolute Gasteiger partial charge is 0.508 e. The summed E-state index contributed by atoms with van der Waals surface area (Å²) in [6, 6.07) is 15.9. The highest BCUT2D eigenvalue weighted by Gasteiger charge is 2.30. The molecule has 2 heterocycles. The van der Waals surface area contributed by atoms with Crippen molar-refractivity contribution in [2.45, 2.75) is 25.4 Å². The Bertz CT molecular complexity index is 1090. The van der Waals surface area contributed by atoms with Crippen molar-refractivity contribution in [1.29, 1.82) is 0 Å². The maximum Gasteiger partial charge on any atom is 0.417 e. The van der Waals surface area contributed by atoms with Gasteiger partial charge in [0.1, 0.15) is 11.5 Å². The smallest absolute Gasteiger partial charge is 0.417 e. The lowest BCUT2D eigenvalue weighted by Crippen LogP contribution is -2.38. The van der Waals surface area contributed by atoms with E-state index in [-0.39, 0.29) is 17.5 Å². The summed E-state index contributed by atoms with van der Waals surface area (Å²) in [7, 11) is 0. The molecule has 8 heteroatoms. The van der Waals surface area contributed by atoms with Crippen LogP contribution in [0, 0.1) is 5.92 Å². The minimum absolute atomic E-state index is 0.0669. The van der Waals surface area contributed by atoms with Gasteiger partial charge in [0.2, 0.25) is 5.88 Å². The fourth-order valence-corrected chi connectivity index (χ4v) is 3.92. The fraction of sp³-hybridized carbons (Fsp3) is 0.280. The molecule has 0 aliphatic carbocycles. The van der Waals surface area contributed by atoms with Gasteiger partial charge >= 0.3 is 6.18 Å². The molecule has 5 nitrogen and oxygen atoms in total. The number of aromatic hydroxyl groups is 1. The monoisotopic (exact) mass is 456 g/mol. The number of ether oxygens (including phenoxy) is 1. The maximum atomic E-state index is 12.6. The lowest BCUT2D eigenvalue weighted by molar-refractivity contribution is -0.137. The number of rotatable bonds is 5. The molecule has 33 heavy (non-hydrogen) atoms. The van der Waals surface area contributed by atoms with E-state index in [2.05, 4.69) is 4.98 Å².